The summed E-state index contributed by atoms with van der Waals surface area (Å²) in [5, 5.41) is 2.38. The van der Waals surface area contributed by atoms with Gasteiger partial charge in [-0.3, -0.25) is 4.79 Å². The molecule has 1 atom stereocenters. The van der Waals surface area contributed by atoms with E-state index >= 15 is 0 Å². The first-order chi connectivity index (χ1) is 5.02. The smallest absolute Gasteiger partial charge is 0.300 e. The Hall–Kier alpha value is -0.840. The van der Waals surface area contributed by atoms with Crippen molar-refractivity contribution in [2.24, 2.45) is 0 Å². The van der Waals surface area contributed by atoms with Crippen LogP contribution in [-0.4, -0.2) is 24.5 Å². The normalized spacial score (nSPS) is 24.1. The Morgan fingerprint density at radius 1 is 1.55 bits per heavy atom. The fourth-order valence-corrected chi connectivity index (χ4v) is 0.824. The number of nitrogens with one attached hydrogen (secondary N) is 1. The molecule has 62 valence electrons. The number of carbonyl (C=O) groups excluding carboxylic acids is 1. The van der Waals surface area contributed by atoms with Crippen LogP contribution in [0.3, 0.4) is 0 Å². The minimum absolute atomic E-state index is 0.326. The molecule has 0 aliphatic carbocycles. The van der Waals surface area contributed by atoms with Crippen molar-refractivity contribution in [3.63, 3.8) is 0 Å². The summed E-state index contributed by atoms with van der Waals surface area (Å²) in [5.41, 5.74) is 0. The molecule has 0 saturated heterocycles. The summed E-state index contributed by atoms with van der Waals surface area (Å²) in [6, 6.07) is -1.17. The molecule has 0 saturated carbocycles. The molecule has 0 fully saturated rings. The maximum Gasteiger partial charge on any atom is 0.452 e. The SMILES string of the molecule is O=C(C1C=CCN1)C(F)(F)F. The third-order valence-corrected chi connectivity index (χ3v) is 1.35. The highest BCUT2D eigenvalue weighted by Crippen LogP contribution is 2.19. The largest absolute Gasteiger partial charge is 0.452 e. The molecular formula is C6H6F3NO. The van der Waals surface area contributed by atoms with Crippen molar-refractivity contribution in [2.45, 2.75) is 12.2 Å². The van der Waals surface area contributed by atoms with Crippen LogP contribution in [0.1, 0.15) is 0 Å². The second-order valence-electron chi connectivity index (χ2n) is 2.18. The molecule has 0 amide bonds. The Morgan fingerprint density at radius 2 is 2.18 bits per heavy atom. The summed E-state index contributed by atoms with van der Waals surface area (Å²) in [7, 11) is 0. The van der Waals surface area contributed by atoms with Gasteiger partial charge < -0.3 is 5.32 Å². The van der Waals surface area contributed by atoms with Crippen LogP contribution in [0.2, 0.25) is 0 Å². The first kappa shape index (κ1) is 8.26. The topological polar surface area (TPSA) is 29.1 Å². The third kappa shape index (κ3) is 1.80. The Balaban J connectivity index is 2.61. The van der Waals surface area contributed by atoms with E-state index in [0.29, 0.717) is 6.54 Å². The highest BCUT2D eigenvalue weighted by Gasteiger charge is 2.42. The molecule has 1 aliphatic heterocycles. The number of halogens is 3. The van der Waals surface area contributed by atoms with Crippen LogP contribution in [0.4, 0.5) is 13.2 Å². The Kier molecular flexibility index (Phi) is 1.99. The van der Waals surface area contributed by atoms with Crippen LogP contribution in [-0.2, 0) is 4.79 Å². The highest BCUT2D eigenvalue weighted by atomic mass is 19.4. The number of alkyl halides is 3. The fourth-order valence-electron chi connectivity index (χ4n) is 0.824. The highest BCUT2D eigenvalue weighted by molar-refractivity contribution is 5.91. The summed E-state index contributed by atoms with van der Waals surface area (Å²) in [4.78, 5) is 10.4. The molecule has 11 heavy (non-hydrogen) atoms. The van der Waals surface area contributed by atoms with E-state index in [-0.39, 0.29) is 0 Å². The molecule has 0 spiro atoms. The first-order valence-electron chi connectivity index (χ1n) is 3.03. The zero-order valence-corrected chi connectivity index (χ0v) is 5.48. The predicted octanol–water partition coefficient (Wildman–Crippen LogP) is 0.646. The van der Waals surface area contributed by atoms with E-state index in [2.05, 4.69) is 5.32 Å². The van der Waals surface area contributed by atoms with Gasteiger partial charge in [-0.05, 0) is 0 Å². The zero-order valence-electron chi connectivity index (χ0n) is 5.48. The van der Waals surface area contributed by atoms with Gasteiger partial charge in [-0.1, -0.05) is 12.2 Å². The lowest BCUT2D eigenvalue weighted by Crippen LogP contribution is -2.40. The molecular weight excluding hydrogens is 159 g/mol. The van der Waals surface area contributed by atoms with Gasteiger partial charge in [0.2, 0.25) is 0 Å². The number of Topliss-reactive ketones (excluding diaryl/α,β-unsaturated/α-hetero) is 1. The van der Waals surface area contributed by atoms with Crippen LogP contribution >= 0.6 is 0 Å². The van der Waals surface area contributed by atoms with Crippen LogP contribution in [0.5, 0.6) is 0 Å². The molecule has 0 radical (unpaired) electrons. The summed E-state index contributed by atoms with van der Waals surface area (Å²) in [5.74, 6) is -1.73. The standard InChI is InChI=1S/C6H6F3NO/c7-6(8,9)5(11)4-2-1-3-10-4/h1-2,4,10H,3H2. The van der Waals surface area contributed by atoms with Gasteiger partial charge in [0.05, 0.1) is 6.04 Å². The van der Waals surface area contributed by atoms with E-state index in [1.807, 2.05) is 0 Å². The van der Waals surface area contributed by atoms with E-state index in [9.17, 15) is 18.0 Å². The first-order valence-corrected chi connectivity index (χ1v) is 3.03. The second kappa shape index (κ2) is 2.65. The molecule has 0 bridgehead atoms. The molecule has 1 N–H and O–H groups in total. The summed E-state index contributed by atoms with van der Waals surface area (Å²) in [6.45, 7) is 0.326. The third-order valence-electron chi connectivity index (χ3n) is 1.35. The molecule has 2 nitrogen and oxygen atoms in total. The van der Waals surface area contributed by atoms with Gasteiger partial charge in [-0.25, -0.2) is 0 Å². The van der Waals surface area contributed by atoms with Crippen molar-refractivity contribution in [3.8, 4) is 0 Å². The Bertz CT molecular complexity index is 196. The van der Waals surface area contributed by atoms with E-state index in [1.54, 1.807) is 0 Å². The molecule has 0 aromatic heterocycles. The number of ketones is 1. The average molecular weight is 165 g/mol. The van der Waals surface area contributed by atoms with Crippen molar-refractivity contribution in [1.29, 1.82) is 0 Å². The number of hydrogen-bond acceptors (Lipinski definition) is 2. The molecule has 1 unspecified atom stereocenters. The van der Waals surface area contributed by atoms with E-state index in [1.165, 1.54) is 12.2 Å². The zero-order chi connectivity index (χ0) is 8.48. The maximum atomic E-state index is 11.7. The molecule has 1 rings (SSSR count). The lowest BCUT2D eigenvalue weighted by atomic mass is 10.2. The molecule has 5 heteroatoms. The van der Waals surface area contributed by atoms with Gasteiger partial charge in [-0.2, -0.15) is 13.2 Å². The van der Waals surface area contributed by atoms with Gasteiger partial charge in [0.15, 0.2) is 0 Å². The number of carbonyl (C=O) groups is 1. The summed E-state index contributed by atoms with van der Waals surface area (Å²) < 4.78 is 35.0. The Labute approximate surface area is 61.1 Å². The van der Waals surface area contributed by atoms with E-state index in [4.69, 9.17) is 0 Å². The monoisotopic (exact) mass is 165 g/mol. The van der Waals surface area contributed by atoms with Gasteiger partial charge in [0.25, 0.3) is 5.78 Å². The van der Waals surface area contributed by atoms with Crippen molar-refractivity contribution >= 4 is 5.78 Å². The van der Waals surface area contributed by atoms with Crippen LogP contribution in [0.15, 0.2) is 12.2 Å². The maximum absolute atomic E-state index is 11.7. The molecule has 0 aromatic rings. The second-order valence-corrected chi connectivity index (χ2v) is 2.18. The minimum atomic E-state index is -4.73. The lowest BCUT2D eigenvalue weighted by Gasteiger charge is -2.09. The van der Waals surface area contributed by atoms with Gasteiger partial charge in [-0.15, -0.1) is 0 Å². The van der Waals surface area contributed by atoms with E-state index < -0.39 is 18.0 Å². The quantitative estimate of drug-likeness (QED) is 0.578. The number of hydrogen-bond donors (Lipinski definition) is 1. The average Bonchev–Trinajstić information content (AvgIpc) is 2.34. The minimum Gasteiger partial charge on any atom is -0.300 e. The van der Waals surface area contributed by atoms with Gasteiger partial charge in [0.1, 0.15) is 0 Å². The van der Waals surface area contributed by atoms with Crippen LogP contribution in [0, 0.1) is 0 Å². The molecule has 0 aromatic carbocycles. The summed E-state index contributed by atoms with van der Waals surface area (Å²) >= 11 is 0. The fraction of sp³-hybridized carbons (Fsp3) is 0.500. The van der Waals surface area contributed by atoms with E-state index in [0.717, 1.165) is 0 Å². The van der Waals surface area contributed by atoms with Gasteiger partial charge >= 0.3 is 6.18 Å². The van der Waals surface area contributed by atoms with Crippen LogP contribution in [0.25, 0.3) is 0 Å². The number of rotatable bonds is 1. The molecule has 1 aliphatic rings. The summed E-state index contributed by atoms with van der Waals surface area (Å²) in [6.07, 6.45) is -2.02. The predicted molar refractivity (Wildman–Crippen MR) is 32.0 cm³/mol. The van der Waals surface area contributed by atoms with Crippen molar-refractivity contribution in [2.75, 3.05) is 6.54 Å². The molecule has 1 heterocycles. The lowest BCUT2D eigenvalue weighted by molar-refractivity contribution is -0.171. The van der Waals surface area contributed by atoms with Crippen molar-refractivity contribution < 1.29 is 18.0 Å². The van der Waals surface area contributed by atoms with Crippen LogP contribution < -0.4 is 5.32 Å². The van der Waals surface area contributed by atoms with Gasteiger partial charge in [0, 0.05) is 6.54 Å². The Morgan fingerprint density at radius 3 is 2.55 bits per heavy atom. The van der Waals surface area contributed by atoms with Crippen molar-refractivity contribution in [3.05, 3.63) is 12.2 Å². The van der Waals surface area contributed by atoms with Crippen molar-refractivity contribution in [1.82, 2.24) is 5.32 Å².